The van der Waals surface area contributed by atoms with Gasteiger partial charge in [0.2, 0.25) is 0 Å². The molecule has 0 amide bonds. The Bertz CT molecular complexity index is 366. The minimum atomic E-state index is -0.720. The SMILES string of the molecule is CC(C)/C=C/C[C@@H](Cc1ccccc1)C(=O)O. The molecular formula is C15H20O2. The molecule has 0 heterocycles. The maximum absolute atomic E-state index is 11.1. The predicted octanol–water partition coefficient (Wildman–Crippen LogP) is 3.53. The van der Waals surface area contributed by atoms with Gasteiger partial charge in [0.15, 0.2) is 0 Å². The summed E-state index contributed by atoms with van der Waals surface area (Å²) in [4.78, 5) is 11.1. The third-order valence-electron chi connectivity index (χ3n) is 2.62. The zero-order valence-corrected chi connectivity index (χ0v) is 10.5. The molecule has 1 aromatic rings. The lowest BCUT2D eigenvalue weighted by Crippen LogP contribution is -2.15. The quantitative estimate of drug-likeness (QED) is 0.762. The zero-order chi connectivity index (χ0) is 12.7. The lowest BCUT2D eigenvalue weighted by atomic mass is 9.95. The van der Waals surface area contributed by atoms with Crippen molar-refractivity contribution in [3.05, 3.63) is 48.0 Å². The summed E-state index contributed by atoms with van der Waals surface area (Å²) in [6, 6.07) is 9.78. The van der Waals surface area contributed by atoms with Crippen molar-refractivity contribution in [2.75, 3.05) is 0 Å². The van der Waals surface area contributed by atoms with Crippen LogP contribution >= 0.6 is 0 Å². The van der Waals surface area contributed by atoms with Crippen LogP contribution < -0.4 is 0 Å². The molecule has 0 unspecified atom stereocenters. The van der Waals surface area contributed by atoms with Crippen molar-refractivity contribution in [2.45, 2.75) is 26.7 Å². The summed E-state index contributed by atoms with van der Waals surface area (Å²) in [5.41, 5.74) is 1.08. The second-order valence-corrected chi connectivity index (χ2v) is 4.63. The molecule has 1 rings (SSSR count). The molecule has 92 valence electrons. The Morgan fingerprint density at radius 1 is 1.29 bits per heavy atom. The number of rotatable bonds is 6. The van der Waals surface area contributed by atoms with Gasteiger partial charge in [0, 0.05) is 0 Å². The van der Waals surface area contributed by atoms with Gasteiger partial charge in [0.05, 0.1) is 5.92 Å². The second kappa shape index (κ2) is 6.89. The molecule has 17 heavy (non-hydrogen) atoms. The van der Waals surface area contributed by atoms with Gasteiger partial charge in [-0.1, -0.05) is 56.3 Å². The Morgan fingerprint density at radius 3 is 2.47 bits per heavy atom. The number of benzene rings is 1. The monoisotopic (exact) mass is 232 g/mol. The highest BCUT2D eigenvalue weighted by molar-refractivity contribution is 5.70. The number of aliphatic carboxylic acids is 1. The fourth-order valence-electron chi connectivity index (χ4n) is 1.69. The fourth-order valence-corrected chi connectivity index (χ4v) is 1.69. The minimum Gasteiger partial charge on any atom is -0.481 e. The van der Waals surface area contributed by atoms with E-state index in [2.05, 4.69) is 19.9 Å². The number of hydrogen-bond acceptors (Lipinski definition) is 1. The molecule has 0 saturated carbocycles. The topological polar surface area (TPSA) is 37.3 Å². The molecule has 0 fully saturated rings. The van der Waals surface area contributed by atoms with Crippen molar-refractivity contribution in [3.63, 3.8) is 0 Å². The summed E-state index contributed by atoms with van der Waals surface area (Å²) in [6.07, 6.45) is 5.23. The number of hydrogen-bond donors (Lipinski definition) is 1. The molecule has 0 aliphatic heterocycles. The number of allylic oxidation sites excluding steroid dienone is 2. The molecule has 0 aromatic heterocycles. The maximum Gasteiger partial charge on any atom is 0.307 e. The van der Waals surface area contributed by atoms with Crippen molar-refractivity contribution >= 4 is 5.97 Å². The second-order valence-electron chi connectivity index (χ2n) is 4.63. The Balaban J connectivity index is 2.58. The van der Waals surface area contributed by atoms with Gasteiger partial charge >= 0.3 is 5.97 Å². The van der Waals surface area contributed by atoms with Gasteiger partial charge < -0.3 is 5.11 Å². The third-order valence-corrected chi connectivity index (χ3v) is 2.62. The van der Waals surface area contributed by atoms with Gasteiger partial charge in [0.1, 0.15) is 0 Å². The maximum atomic E-state index is 11.1. The third kappa shape index (κ3) is 5.34. The van der Waals surface area contributed by atoms with E-state index >= 15 is 0 Å². The largest absolute Gasteiger partial charge is 0.481 e. The molecule has 1 N–H and O–H groups in total. The summed E-state index contributed by atoms with van der Waals surface area (Å²) in [5.74, 6) is -0.573. The van der Waals surface area contributed by atoms with Crippen LogP contribution in [0.5, 0.6) is 0 Å². The summed E-state index contributed by atoms with van der Waals surface area (Å²) >= 11 is 0. The minimum absolute atomic E-state index is 0.326. The molecule has 1 aromatic carbocycles. The van der Waals surface area contributed by atoms with Crippen molar-refractivity contribution in [2.24, 2.45) is 11.8 Å². The molecule has 0 spiro atoms. The summed E-state index contributed by atoms with van der Waals surface area (Å²) in [7, 11) is 0. The van der Waals surface area contributed by atoms with Crippen LogP contribution in [0.4, 0.5) is 0 Å². The van der Waals surface area contributed by atoms with E-state index in [1.54, 1.807) is 0 Å². The van der Waals surface area contributed by atoms with Crippen LogP contribution in [0.25, 0.3) is 0 Å². The van der Waals surface area contributed by atoms with E-state index in [1.807, 2.05) is 36.4 Å². The van der Waals surface area contributed by atoms with Crippen LogP contribution in [0.3, 0.4) is 0 Å². The van der Waals surface area contributed by atoms with E-state index in [0.717, 1.165) is 5.56 Å². The molecule has 2 nitrogen and oxygen atoms in total. The molecule has 1 atom stereocenters. The first-order valence-corrected chi connectivity index (χ1v) is 6.03. The fraction of sp³-hybridized carbons (Fsp3) is 0.400. The molecule has 2 heteroatoms. The van der Waals surface area contributed by atoms with Gasteiger partial charge in [-0.25, -0.2) is 0 Å². The Morgan fingerprint density at radius 2 is 1.94 bits per heavy atom. The molecular weight excluding hydrogens is 212 g/mol. The van der Waals surface area contributed by atoms with Crippen molar-refractivity contribution in [3.8, 4) is 0 Å². The number of carboxylic acid groups (broad SMARTS) is 1. The highest BCUT2D eigenvalue weighted by atomic mass is 16.4. The molecule has 0 saturated heterocycles. The van der Waals surface area contributed by atoms with Gasteiger partial charge in [-0.2, -0.15) is 0 Å². The normalized spacial score (nSPS) is 13.1. The molecule has 0 aliphatic rings. The lowest BCUT2D eigenvalue weighted by Gasteiger charge is -2.10. The first-order chi connectivity index (χ1) is 8.09. The standard InChI is InChI=1S/C15H20O2/c1-12(2)7-6-10-14(15(16)17)11-13-8-4-3-5-9-13/h3-9,12,14H,10-11H2,1-2H3,(H,16,17)/b7-6+/t14-/m0/s1. The zero-order valence-electron chi connectivity index (χ0n) is 10.5. The highest BCUT2D eigenvalue weighted by Gasteiger charge is 2.16. The van der Waals surface area contributed by atoms with Crippen LogP contribution in [0.2, 0.25) is 0 Å². The van der Waals surface area contributed by atoms with Crippen LogP contribution in [-0.2, 0) is 11.2 Å². The van der Waals surface area contributed by atoms with Crippen molar-refractivity contribution in [1.82, 2.24) is 0 Å². The van der Waals surface area contributed by atoms with Crippen LogP contribution in [0, 0.1) is 11.8 Å². The van der Waals surface area contributed by atoms with Gasteiger partial charge in [-0.15, -0.1) is 0 Å². The van der Waals surface area contributed by atoms with E-state index in [9.17, 15) is 4.79 Å². The van der Waals surface area contributed by atoms with E-state index in [0.29, 0.717) is 18.8 Å². The average molecular weight is 232 g/mol. The first-order valence-electron chi connectivity index (χ1n) is 6.03. The van der Waals surface area contributed by atoms with E-state index in [1.165, 1.54) is 0 Å². The molecule has 0 radical (unpaired) electrons. The van der Waals surface area contributed by atoms with Gasteiger partial charge in [0.25, 0.3) is 0 Å². The van der Waals surface area contributed by atoms with E-state index in [4.69, 9.17) is 5.11 Å². The Hall–Kier alpha value is -1.57. The van der Waals surface area contributed by atoms with Crippen molar-refractivity contribution in [1.29, 1.82) is 0 Å². The van der Waals surface area contributed by atoms with Gasteiger partial charge in [-0.05, 0) is 24.3 Å². The average Bonchev–Trinajstić information content (AvgIpc) is 2.28. The number of carboxylic acids is 1. The summed E-state index contributed by atoms with van der Waals surface area (Å²) in [5, 5.41) is 9.17. The smallest absolute Gasteiger partial charge is 0.307 e. The van der Waals surface area contributed by atoms with Crippen molar-refractivity contribution < 1.29 is 9.90 Å². The Labute approximate surface area is 103 Å². The lowest BCUT2D eigenvalue weighted by molar-refractivity contribution is -0.141. The van der Waals surface area contributed by atoms with Gasteiger partial charge in [-0.3, -0.25) is 4.79 Å². The number of carbonyl (C=O) groups is 1. The first kappa shape index (κ1) is 13.5. The molecule has 0 aliphatic carbocycles. The van der Waals surface area contributed by atoms with E-state index < -0.39 is 5.97 Å². The van der Waals surface area contributed by atoms with Crippen LogP contribution in [0.1, 0.15) is 25.8 Å². The van der Waals surface area contributed by atoms with Crippen LogP contribution in [-0.4, -0.2) is 11.1 Å². The van der Waals surface area contributed by atoms with E-state index in [-0.39, 0.29) is 5.92 Å². The summed E-state index contributed by atoms with van der Waals surface area (Å²) in [6.45, 7) is 4.17. The highest BCUT2D eigenvalue weighted by Crippen LogP contribution is 2.14. The molecule has 0 bridgehead atoms. The van der Waals surface area contributed by atoms with Crippen LogP contribution in [0.15, 0.2) is 42.5 Å². The predicted molar refractivity (Wildman–Crippen MR) is 69.9 cm³/mol. The summed E-state index contributed by atoms with van der Waals surface area (Å²) < 4.78 is 0. The Kier molecular flexibility index (Phi) is 5.47.